The van der Waals surface area contributed by atoms with Crippen molar-refractivity contribution in [3.63, 3.8) is 0 Å². The first-order chi connectivity index (χ1) is 1.91. The maximum absolute atomic E-state index is 5.15. The molecule has 0 aromatic carbocycles. The normalized spacial score (nSPS) is 7.50. The summed E-state index contributed by atoms with van der Waals surface area (Å²) >= 11 is 5.15. The molecule has 3 heteroatoms. The number of alkyl halides is 1. The fraction of sp³-hybridized carbons (Fsp3) is 1.00. The molecule has 0 aromatic heterocycles. The van der Waals surface area contributed by atoms with Crippen LogP contribution in [0.25, 0.3) is 0 Å². The van der Waals surface area contributed by atoms with Crippen LogP contribution in [0.3, 0.4) is 0 Å². The largest absolute Gasteiger partial charge is 0.131 e. The molecule has 0 N–H and O–H groups in total. The highest BCUT2D eigenvalue weighted by molar-refractivity contribution is 6.92. The van der Waals surface area contributed by atoms with E-state index in [1.54, 1.807) is 0 Å². The van der Waals surface area contributed by atoms with Crippen LogP contribution >= 0.6 is 11.6 Å². The van der Waals surface area contributed by atoms with E-state index in [9.17, 15) is 0 Å². The van der Waals surface area contributed by atoms with Gasteiger partial charge in [-0.15, -0.1) is 11.6 Å². The van der Waals surface area contributed by atoms with Gasteiger partial charge in [-0.25, -0.2) is 0 Å². The predicted molar refractivity (Wildman–Crippen MR) is 22.2 cm³/mol. The minimum absolute atomic E-state index is 0.711. The molecule has 0 aliphatic carbocycles. The summed E-state index contributed by atoms with van der Waals surface area (Å²) in [6.45, 7) is 0. The molecule has 0 saturated heterocycles. The molecule has 0 spiro atoms. The molecular weight excluding hydrogens is 104 g/mol. The number of halogens is 1. The number of rotatable bonds is 1. The zero-order chi connectivity index (χ0) is 3.41. The van der Waals surface area contributed by atoms with Gasteiger partial charge in [0.05, 0.1) is 0 Å². The predicted octanol–water partition coefficient (Wildman–Crippen LogP) is -0.0296. The van der Waals surface area contributed by atoms with Gasteiger partial charge in [-0.3, -0.25) is 0 Å². The third-order valence-electron chi connectivity index (χ3n) is 0.0668. The molecule has 0 nitrogen and oxygen atoms in total. The number of hydrogen-bond acceptors (Lipinski definition) is 0. The zero-order valence-corrected chi connectivity index (χ0v) is 4.84. The average Bonchev–Trinajstić information content (AvgIpc) is 1.37. The van der Waals surface area contributed by atoms with Gasteiger partial charge in [-0.2, -0.15) is 0 Å². The van der Waals surface area contributed by atoms with Gasteiger partial charge >= 0.3 is 0 Å². The minimum atomic E-state index is 0.711. The lowest BCUT2D eigenvalue weighted by molar-refractivity contribution is 2.18. The Balaban J connectivity index is 1.97. The first kappa shape index (κ1) is 4.72. The standard InChI is InChI=1S/CH2ClSi2/c2-1-4-3/h1H2. The highest BCUT2D eigenvalue weighted by Gasteiger charge is 1.62. The monoisotopic (exact) mass is 105 g/mol. The van der Waals surface area contributed by atoms with E-state index in [1.165, 1.54) is 0 Å². The Morgan fingerprint density at radius 3 is 2.25 bits per heavy atom. The van der Waals surface area contributed by atoms with Crippen molar-refractivity contribution in [2.24, 2.45) is 0 Å². The van der Waals surface area contributed by atoms with Crippen LogP contribution in [0.4, 0.5) is 0 Å². The fourth-order valence-electron chi connectivity index (χ4n) is 0. The summed E-state index contributed by atoms with van der Waals surface area (Å²) < 4.78 is 0. The Kier molecular flexibility index (Phi) is 4.40. The van der Waals surface area contributed by atoms with Crippen molar-refractivity contribution in [1.82, 2.24) is 0 Å². The van der Waals surface area contributed by atoms with Crippen molar-refractivity contribution < 1.29 is 0 Å². The Labute approximate surface area is 36.6 Å². The Morgan fingerprint density at radius 1 is 2.00 bits per heavy atom. The summed E-state index contributed by atoms with van der Waals surface area (Å²) in [5, 5.41) is 0. The highest BCUT2D eigenvalue weighted by atomic mass is 35.5. The van der Waals surface area contributed by atoms with Crippen molar-refractivity contribution in [3.8, 4) is 0 Å². The summed E-state index contributed by atoms with van der Waals surface area (Å²) in [6, 6.07) is 0. The van der Waals surface area contributed by atoms with Crippen LogP contribution in [0, 0.1) is 0 Å². The Bertz CT molecular complexity index is 8.00. The second kappa shape index (κ2) is 3.72. The first-order valence-electron chi connectivity index (χ1n) is 0.871. The summed E-state index contributed by atoms with van der Waals surface area (Å²) in [7, 11) is 3.90. The van der Waals surface area contributed by atoms with Gasteiger partial charge in [-0.05, 0) is 0 Å². The van der Waals surface area contributed by atoms with E-state index in [0.29, 0.717) is 9.04 Å². The van der Waals surface area contributed by atoms with Crippen LogP contribution in [0.15, 0.2) is 0 Å². The maximum Gasteiger partial charge on any atom is 0.0382 e. The second-order valence-corrected chi connectivity index (χ2v) is 2.79. The van der Waals surface area contributed by atoms with Gasteiger partial charge in [0.15, 0.2) is 0 Å². The average molecular weight is 106 g/mol. The van der Waals surface area contributed by atoms with Crippen molar-refractivity contribution in [2.75, 3.05) is 5.50 Å². The summed E-state index contributed by atoms with van der Waals surface area (Å²) in [5.74, 6) is 0. The van der Waals surface area contributed by atoms with E-state index in [2.05, 4.69) is 9.76 Å². The molecule has 4 heavy (non-hydrogen) atoms. The third kappa shape index (κ3) is 2.72. The van der Waals surface area contributed by atoms with Crippen molar-refractivity contribution in [2.45, 2.75) is 0 Å². The lowest BCUT2D eigenvalue weighted by Gasteiger charge is -1.62. The molecule has 0 aliphatic rings. The van der Waals surface area contributed by atoms with E-state index in [1.807, 2.05) is 0 Å². The molecular formula is CH2ClSi2. The molecule has 5 radical (unpaired) electrons. The van der Waals surface area contributed by atoms with Crippen molar-refractivity contribution >= 4 is 30.4 Å². The van der Waals surface area contributed by atoms with Gasteiger partial charge < -0.3 is 0 Å². The molecule has 0 unspecified atom stereocenters. The summed E-state index contributed by atoms with van der Waals surface area (Å²) in [6.07, 6.45) is 0. The molecule has 21 valence electrons. The van der Waals surface area contributed by atoms with E-state index >= 15 is 0 Å². The molecule has 0 aromatic rings. The van der Waals surface area contributed by atoms with Crippen LogP contribution in [0.1, 0.15) is 0 Å². The van der Waals surface area contributed by atoms with E-state index in [-0.39, 0.29) is 0 Å². The van der Waals surface area contributed by atoms with Gasteiger partial charge in [0.1, 0.15) is 0 Å². The first-order valence-corrected chi connectivity index (χ1v) is 4.11. The third-order valence-corrected chi connectivity index (χ3v) is 1.80. The lowest BCUT2D eigenvalue weighted by atomic mass is 11.9. The smallest absolute Gasteiger partial charge is 0.0382 e. The molecule has 0 saturated carbocycles. The van der Waals surface area contributed by atoms with Crippen LogP contribution in [-0.4, -0.2) is 24.3 Å². The molecule has 0 heterocycles. The minimum Gasteiger partial charge on any atom is -0.131 e. The quantitative estimate of drug-likeness (QED) is 0.325. The number of hydrogen-bond donors (Lipinski definition) is 0. The van der Waals surface area contributed by atoms with Crippen molar-refractivity contribution in [1.29, 1.82) is 0 Å². The molecule has 0 aliphatic heterocycles. The van der Waals surface area contributed by atoms with Crippen LogP contribution < -0.4 is 0 Å². The molecule has 0 atom stereocenters. The van der Waals surface area contributed by atoms with Gasteiger partial charge in [0, 0.05) is 24.3 Å². The van der Waals surface area contributed by atoms with Gasteiger partial charge in [0.2, 0.25) is 0 Å². The fourth-order valence-corrected chi connectivity index (χ4v) is 0. The van der Waals surface area contributed by atoms with E-state index in [0.717, 1.165) is 5.50 Å². The van der Waals surface area contributed by atoms with E-state index in [4.69, 9.17) is 11.6 Å². The Morgan fingerprint density at radius 2 is 2.25 bits per heavy atom. The lowest BCUT2D eigenvalue weighted by Crippen LogP contribution is -1.85. The molecule has 0 amide bonds. The van der Waals surface area contributed by atoms with Gasteiger partial charge in [-0.1, -0.05) is 0 Å². The van der Waals surface area contributed by atoms with Crippen LogP contribution in [0.5, 0.6) is 0 Å². The second-order valence-electron chi connectivity index (χ2n) is 0.310. The SMILES string of the molecule is [Si][Si]CCl. The zero-order valence-electron chi connectivity index (χ0n) is 2.09. The molecule has 0 fully saturated rings. The van der Waals surface area contributed by atoms with Crippen molar-refractivity contribution in [3.05, 3.63) is 0 Å². The topological polar surface area (TPSA) is 0 Å². The molecule has 0 bridgehead atoms. The maximum atomic E-state index is 5.15. The Hall–Kier alpha value is 0.724. The summed E-state index contributed by atoms with van der Waals surface area (Å²) in [5.41, 5.74) is 0.733. The van der Waals surface area contributed by atoms with E-state index < -0.39 is 0 Å². The highest BCUT2D eigenvalue weighted by Crippen LogP contribution is 1.59. The summed E-state index contributed by atoms with van der Waals surface area (Å²) in [4.78, 5) is 0. The molecule has 0 rings (SSSR count). The van der Waals surface area contributed by atoms with Crippen LogP contribution in [-0.2, 0) is 0 Å². The van der Waals surface area contributed by atoms with Gasteiger partial charge in [0.25, 0.3) is 0 Å². The van der Waals surface area contributed by atoms with Crippen LogP contribution in [0.2, 0.25) is 0 Å².